The third kappa shape index (κ3) is 4.53. The van der Waals surface area contributed by atoms with E-state index >= 15 is 0 Å². The van der Waals surface area contributed by atoms with Gasteiger partial charge in [0.05, 0.1) is 41.9 Å². The Morgan fingerprint density at radius 1 is 1.09 bits per heavy atom. The third-order valence-electron chi connectivity index (χ3n) is 5.70. The molecule has 3 aromatic rings. The minimum absolute atomic E-state index is 0.0980. The summed E-state index contributed by atoms with van der Waals surface area (Å²) in [6.45, 7) is 1.44. The van der Waals surface area contributed by atoms with Gasteiger partial charge in [0.1, 0.15) is 0 Å². The molecule has 0 bridgehead atoms. The second kappa shape index (κ2) is 8.46. The van der Waals surface area contributed by atoms with Crippen molar-refractivity contribution in [1.29, 1.82) is 0 Å². The van der Waals surface area contributed by atoms with Crippen molar-refractivity contribution in [1.82, 2.24) is 15.1 Å². The predicted octanol–water partition coefficient (Wildman–Crippen LogP) is 4.86. The van der Waals surface area contributed by atoms with Crippen LogP contribution in [0.2, 0.25) is 0 Å². The van der Waals surface area contributed by atoms with Crippen LogP contribution in [-0.4, -0.2) is 28.9 Å². The molecule has 1 fully saturated rings. The van der Waals surface area contributed by atoms with E-state index in [0.29, 0.717) is 36.0 Å². The summed E-state index contributed by atoms with van der Waals surface area (Å²) in [7, 11) is 0. The molecule has 1 N–H and O–H groups in total. The van der Waals surface area contributed by atoms with Gasteiger partial charge >= 0.3 is 6.18 Å². The Bertz CT molecular complexity index is 1190. The minimum atomic E-state index is -4.45. The Hall–Kier alpha value is -3.49. The highest BCUT2D eigenvalue weighted by Crippen LogP contribution is 2.43. The van der Waals surface area contributed by atoms with Gasteiger partial charge in [-0.2, -0.15) is 18.3 Å². The first-order valence-corrected chi connectivity index (χ1v) is 10.8. The highest BCUT2D eigenvalue weighted by Gasteiger charge is 2.34. The van der Waals surface area contributed by atoms with Crippen molar-refractivity contribution in [2.75, 3.05) is 13.2 Å². The number of ether oxygens (including phenoxy) is 2. The lowest BCUT2D eigenvalue weighted by molar-refractivity contribution is -0.137. The molecule has 0 saturated heterocycles. The van der Waals surface area contributed by atoms with Gasteiger partial charge in [-0.25, -0.2) is 4.68 Å². The van der Waals surface area contributed by atoms with Gasteiger partial charge in [0.15, 0.2) is 11.5 Å². The number of hydrogen-bond donors (Lipinski definition) is 1. The van der Waals surface area contributed by atoms with Crippen molar-refractivity contribution in [3.8, 4) is 17.2 Å². The highest BCUT2D eigenvalue weighted by atomic mass is 19.4. The van der Waals surface area contributed by atoms with Crippen LogP contribution in [0.4, 0.5) is 13.2 Å². The van der Waals surface area contributed by atoms with Gasteiger partial charge in [0.2, 0.25) is 0 Å². The highest BCUT2D eigenvalue weighted by molar-refractivity contribution is 5.95. The van der Waals surface area contributed by atoms with Crippen LogP contribution < -0.4 is 14.8 Å². The SMILES string of the molecule is O=C(NCc1ccc2c(c1)OCCCO2)c1cnn(-c2cccc(C(F)(F)F)c2)c1C1CC1. The maximum absolute atomic E-state index is 13.2. The van der Waals surface area contributed by atoms with E-state index in [-0.39, 0.29) is 24.1 Å². The molecular weight excluding hydrogens is 435 g/mol. The first-order valence-electron chi connectivity index (χ1n) is 10.8. The molecule has 1 aromatic heterocycles. The quantitative estimate of drug-likeness (QED) is 0.594. The Morgan fingerprint density at radius 3 is 2.64 bits per heavy atom. The molecule has 1 saturated carbocycles. The van der Waals surface area contributed by atoms with E-state index < -0.39 is 11.7 Å². The van der Waals surface area contributed by atoms with Crippen LogP contribution >= 0.6 is 0 Å². The lowest BCUT2D eigenvalue weighted by Gasteiger charge is -2.12. The van der Waals surface area contributed by atoms with E-state index in [9.17, 15) is 18.0 Å². The summed E-state index contributed by atoms with van der Waals surface area (Å²) in [6, 6.07) is 10.5. The number of aromatic nitrogens is 2. The standard InChI is InChI=1S/C24H22F3N3O3/c25-24(26,27)17-3-1-4-18(12-17)30-22(16-6-7-16)19(14-29-30)23(31)28-13-15-5-8-20-21(11-15)33-10-2-9-32-20/h1,3-5,8,11-12,14,16H,2,6-7,9-10,13H2,(H,28,31). The monoisotopic (exact) mass is 457 g/mol. The molecule has 33 heavy (non-hydrogen) atoms. The summed E-state index contributed by atoms with van der Waals surface area (Å²) in [6.07, 6.45) is -0.482. The first-order chi connectivity index (χ1) is 15.9. The van der Waals surface area contributed by atoms with Crippen LogP contribution in [0, 0.1) is 0 Å². The van der Waals surface area contributed by atoms with Crippen LogP contribution in [0.15, 0.2) is 48.7 Å². The maximum Gasteiger partial charge on any atom is 0.416 e. The summed E-state index contributed by atoms with van der Waals surface area (Å²) in [4.78, 5) is 13.0. The van der Waals surface area contributed by atoms with Crippen molar-refractivity contribution in [3.63, 3.8) is 0 Å². The fourth-order valence-corrected chi connectivity index (χ4v) is 3.90. The molecule has 1 amide bonds. The summed E-state index contributed by atoms with van der Waals surface area (Å²) in [5.41, 5.74) is 1.41. The van der Waals surface area contributed by atoms with Gasteiger partial charge in [-0.1, -0.05) is 12.1 Å². The Balaban J connectivity index is 1.37. The van der Waals surface area contributed by atoms with Gasteiger partial charge in [-0.15, -0.1) is 0 Å². The normalized spacial score (nSPS) is 15.7. The zero-order valence-electron chi connectivity index (χ0n) is 17.7. The molecule has 9 heteroatoms. The minimum Gasteiger partial charge on any atom is -0.490 e. The number of rotatable bonds is 5. The first kappa shape index (κ1) is 21.4. The molecule has 2 heterocycles. The predicted molar refractivity (Wildman–Crippen MR) is 114 cm³/mol. The van der Waals surface area contributed by atoms with Gasteiger partial charge in [0.25, 0.3) is 5.91 Å². The number of carbonyl (C=O) groups excluding carboxylic acids is 1. The van der Waals surface area contributed by atoms with Crippen molar-refractivity contribution in [2.24, 2.45) is 0 Å². The number of carbonyl (C=O) groups is 1. The number of halogens is 3. The number of nitrogens with one attached hydrogen (secondary N) is 1. The fourth-order valence-electron chi connectivity index (χ4n) is 3.90. The van der Waals surface area contributed by atoms with Crippen LogP contribution in [0.3, 0.4) is 0 Å². The van der Waals surface area contributed by atoms with Crippen LogP contribution in [-0.2, 0) is 12.7 Å². The van der Waals surface area contributed by atoms with Crippen LogP contribution in [0.25, 0.3) is 5.69 Å². The Kier molecular flexibility index (Phi) is 5.47. The third-order valence-corrected chi connectivity index (χ3v) is 5.70. The maximum atomic E-state index is 13.2. The molecule has 5 rings (SSSR count). The molecule has 1 aliphatic carbocycles. The van der Waals surface area contributed by atoms with Gasteiger partial charge in [0, 0.05) is 18.9 Å². The number of fused-ring (bicyclic) bond motifs is 1. The average Bonchev–Trinajstić information content (AvgIpc) is 3.59. The molecule has 1 aliphatic heterocycles. The van der Waals surface area contributed by atoms with Crippen molar-refractivity contribution < 1.29 is 27.4 Å². The van der Waals surface area contributed by atoms with E-state index in [0.717, 1.165) is 37.0 Å². The number of nitrogens with zero attached hydrogens (tertiary/aromatic N) is 2. The van der Waals surface area contributed by atoms with Crippen molar-refractivity contribution >= 4 is 5.91 Å². The van der Waals surface area contributed by atoms with E-state index in [4.69, 9.17) is 9.47 Å². The number of alkyl halides is 3. The zero-order valence-corrected chi connectivity index (χ0v) is 17.7. The molecule has 0 spiro atoms. The molecule has 0 radical (unpaired) electrons. The number of benzene rings is 2. The molecule has 2 aliphatic rings. The zero-order chi connectivity index (χ0) is 23.0. The number of hydrogen-bond acceptors (Lipinski definition) is 4. The van der Waals surface area contributed by atoms with E-state index in [1.165, 1.54) is 16.9 Å². The summed E-state index contributed by atoms with van der Waals surface area (Å²) >= 11 is 0. The Morgan fingerprint density at radius 2 is 1.88 bits per heavy atom. The lowest BCUT2D eigenvalue weighted by Crippen LogP contribution is -2.23. The van der Waals surface area contributed by atoms with Gasteiger partial charge < -0.3 is 14.8 Å². The van der Waals surface area contributed by atoms with E-state index in [1.807, 2.05) is 18.2 Å². The largest absolute Gasteiger partial charge is 0.490 e. The second-order valence-electron chi connectivity index (χ2n) is 8.19. The van der Waals surface area contributed by atoms with Crippen LogP contribution in [0.5, 0.6) is 11.5 Å². The summed E-state index contributed by atoms with van der Waals surface area (Å²) in [5.74, 6) is 1.11. The fraction of sp³-hybridized carbons (Fsp3) is 0.333. The van der Waals surface area contributed by atoms with Gasteiger partial charge in [-0.05, 0) is 48.7 Å². The van der Waals surface area contributed by atoms with E-state index in [1.54, 1.807) is 6.07 Å². The molecule has 0 unspecified atom stereocenters. The molecule has 172 valence electrons. The van der Waals surface area contributed by atoms with Crippen LogP contribution in [0.1, 0.15) is 52.4 Å². The second-order valence-corrected chi connectivity index (χ2v) is 8.19. The summed E-state index contributed by atoms with van der Waals surface area (Å²) < 4.78 is 52.3. The molecule has 0 atom stereocenters. The Labute approximate surface area is 188 Å². The topological polar surface area (TPSA) is 65.4 Å². The smallest absolute Gasteiger partial charge is 0.416 e. The van der Waals surface area contributed by atoms with Gasteiger partial charge in [-0.3, -0.25) is 4.79 Å². The van der Waals surface area contributed by atoms with E-state index in [2.05, 4.69) is 10.4 Å². The lowest BCUT2D eigenvalue weighted by atomic mass is 10.1. The van der Waals surface area contributed by atoms with Crippen molar-refractivity contribution in [3.05, 3.63) is 71.0 Å². The van der Waals surface area contributed by atoms with Crippen molar-refractivity contribution in [2.45, 2.75) is 37.9 Å². The summed E-state index contributed by atoms with van der Waals surface area (Å²) in [5, 5.41) is 7.16. The number of amides is 1. The molecule has 2 aromatic carbocycles. The molecule has 6 nitrogen and oxygen atoms in total. The molecular formula is C24H22F3N3O3. The average molecular weight is 457 g/mol.